The van der Waals surface area contributed by atoms with Crippen LogP contribution in [-0.2, 0) is 11.2 Å². The minimum absolute atomic E-state index is 0.253. The molecule has 0 radical (unpaired) electrons. The van der Waals surface area contributed by atoms with Gasteiger partial charge in [0.25, 0.3) is 5.89 Å². The molecule has 0 fully saturated rings. The molecular formula is C21H18N4O3. The number of aryl methyl sites for hydroxylation is 2. The average molecular weight is 374 g/mol. The first-order valence-electron chi connectivity index (χ1n) is 8.76. The molecule has 1 unspecified atom stereocenters. The Kier molecular flexibility index (Phi) is 5.61. The molecule has 1 heterocycles. The first kappa shape index (κ1) is 19.0. The number of carbonyl (C=O) groups is 2. The van der Waals surface area contributed by atoms with Crippen LogP contribution in [0.1, 0.15) is 28.7 Å². The number of amides is 1. The van der Waals surface area contributed by atoms with E-state index in [0.717, 1.165) is 12.0 Å². The molecule has 1 aromatic heterocycles. The van der Waals surface area contributed by atoms with E-state index in [1.807, 2.05) is 19.1 Å². The fourth-order valence-corrected chi connectivity index (χ4v) is 2.63. The van der Waals surface area contributed by atoms with E-state index in [4.69, 9.17) is 4.52 Å². The number of hydrogen-bond donors (Lipinski definition) is 1. The lowest BCUT2D eigenvalue weighted by Crippen LogP contribution is -2.28. The van der Waals surface area contributed by atoms with Gasteiger partial charge in [0.1, 0.15) is 0 Å². The number of ketones is 1. The van der Waals surface area contributed by atoms with E-state index in [2.05, 4.69) is 15.5 Å². The van der Waals surface area contributed by atoms with Gasteiger partial charge in [-0.3, -0.25) is 9.59 Å². The van der Waals surface area contributed by atoms with E-state index < -0.39 is 17.6 Å². The van der Waals surface area contributed by atoms with Gasteiger partial charge in [0.05, 0.1) is 6.07 Å². The summed E-state index contributed by atoms with van der Waals surface area (Å²) >= 11 is 0. The predicted octanol–water partition coefficient (Wildman–Crippen LogP) is 3.57. The van der Waals surface area contributed by atoms with Crippen LogP contribution < -0.4 is 5.32 Å². The van der Waals surface area contributed by atoms with Crippen LogP contribution in [0.5, 0.6) is 0 Å². The van der Waals surface area contributed by atoms with Gasteiger partial charge in [0.15, 0.2) is 17.5 Å². The van der Waals surface area contributed by atoms with Crippen LogP contribution in [0.15, 0.2) is 53.1 Å². The van der Waals surface area contributed by atoms with Crippen LogP contribution >= 0.6 is 0 Å². The number of nitrogens with one attached hydrogen (secondary N) is 1. The number of benzene rings is 2. The van der Waals surface area contributed by atoms with Crippen molar-refractivity contribution in [2.24, 2.45) is 5.92 Å². The normalized spacial score (nSPS) is 11.5. The van der Waals surface area contributed by atoms with Gasteiger partial charge in [0, 0.05) is 16.8 Å². The molecule has 0 bridgehead atoms. The topological polar surface area (TPSA) is 109 Å². The van der Waals surface area contributed by atoms with Gasteiger partial charge in [-0.1, -0.05) is 36.3 Å². The van der Waals surface area contributed by atoms with Crippen LogP contribution in [0.2, 0.25) is 0 Å². The third kappa shape index (κ3) is 4.13. The zero-order chi connectivity index (χ0) is 20.1. The van der Waals surface area contributed by atoms with Crippen molar-refractivity contribution in [3.8, 4) is 17.5 Å². The SMILES string of the molecule is CCc1ccc(NC(=O)C(C#N)C(=O)c2ccc(-c3nc(C)no3)cc2)cc1. The number of carbonyl (C=O) groups excluding carboxylic acids is 2. The summed E-state index contributed by atoms with van der Waals surface area (Å²) in [7, 11) is 0. The smallest absolute Gasteiger partial charge is 0.257 e. The van der Waals surface area contributed by atoms with Gasteiger partial charge in [-0.15, -0.1) is 0 Å². The van der Waals surface area contributed by atoms with Gasteiger partial charge in [0.2, 0.25) is 5.91 Å². The lowest BCUT2D eigenvalue weighted by molar-refractivity contribution is -0.117. The van der Waals surface area contributed by atoms with Gasteiger partial charge < -0.3 is 9.84 Å². The Hall–Kier alpha value is -3.79. The van der Waals surface area contributed by atoms with E-state index in [1.54, 1.807) is 37.3 Å². The van der Waals surface area contributed by atoms with E-state index in [0.29, 0.717) is 23.0 Å². The molecule has 0 aliphatic carbocycles. The van der Waals surface area contributed by atoms with Gasteiger partial charge >= 0.3 is 0 Å². The zero-order valence-electron chi connectivity index (χ0n) is 15.5. The zero-order valence-corrected chi connectivity index (χ0v) is 15.5. The van der Waals surface area contributed by atoms with Crippen molar-refractivity contribution < 1.29 is 14.1 Å². The van der Waals surface area contributed by atoms with E-state index >= 15 is 0 Å². The molecule has 0 aliphatic rings. The number of rotatable bonds is 6. The number of aromatic nitrogens is 2. The number of anilines is 1. The molecule has 3 aromatic rings. The van der Waals surface area contributed by atoms with Crippen molar-refractivity contribution in [2.45, 2.75) is 20.3 Å². The summed E-state index contributed by atoms with van der Waals surface area (Å²) in [6, 6.07) is 15.4. The monoisotopic (exact) mass is 374 g/mol. The summed E-state index contributed by atoms with van der Waals surface area (Å²) in [5.41, 5.74) is 2.56. The molecule has 1 atom stereocenters. The van der Waals surface area contributed by atoms with Crippen LogP contribution in [0.25, 0.3) is 11.5 Å². The predicted molar refractivity (Wildman–Crippen MR) is 102 cm³/mol. The largest absolute Gasteiger partial charge is 0.334 e. The number of nitrogens with zero attached hydrogens (tertiary/aromatic N) is 3. The van der Waals surface area contributed by atoms with Gasteiger partial charge in [-0.05, 0) is 43.2 Å². The number of hydrogen-bond acceptors (Lipinski definition) is 6. The Morgan fingerprint density at radius 1 is 1.14 bits per heavy atom. The van der Waals surface area contributed by atoms with Gasteiger partial charge in [-0.2, -0.15) is 10.2 Å². The maximum Gasteiger partial charge on any atom is 0.257 e. The summed E-state index contributed by atoms with van der Waals surface area (Å²) in [4.78, 5) is 29.2. The van der Waals surface area contributed by atoms with E-state index in [1.165, 1.54) is 12.1 Å². The molecule has 0 saturated heterocycles. The number of nitriles is 1. The van der Waals surface area contributed by atoms with Crippen LogP contribution in [0.3, 0.4) is 0 Å². The molecule has 2 aromatic carbocycles. The number of Topliss-reactive ketones (excluding diaryl/α,β-unsaturated/α-hetero) is 1. The molecule has 0 spiro atoms. The summed E-state index contributed by atoms with van der Waals surface area (Å²) < 4.78 is 5.08. The molecule has 140 valence electrons. The first-order valence-corrected chi connectivity index (χ1v) is 8.76. The molecule has 28 heavy (non-hydrogen) atoms. The lowest BCUT2D eigenvalue weighted by Gasteiger charge is -2.10. The molecule has 3 rings (SSSR count). The highest BCUT2D eigenvalue weighted by Gasteiger charge is 2.27. The standard InChI is InChI=1S/C21H18N4O3/c1-3-14-4-10-17(11-5-14)24-20(27)18(12-22)19(26)15-6-8-16(9-7-15)21-23-13(2)25-28-21/h4-11,18H,3H2,1-2H3,(H,24,27). The third-order valence-electron chi connectivity index (χ3n) is 4.23. The molecule has 0 aliphatic heterocycles. The Labute approximate surface area is 162 Å². The fraction of sp³-hybridized carbons (Fsp3) is 0.190. The molecule has 1 amide bonds. The molecular weight excluding hydrogens is 356 g/mol. The Balaban J connectivity index is 1.73. The minimum atomic E-state index is -1.44. The summed E-state index contributed by atoms with van der Waals surface area (Å²) in [5.74, 6) is -1.83. The van der Waals surface area contributed by atoms with Crippen LogP contribution in [0, 0.1) is 24.2 Å². The van der Waals surface area contributed by atoms with E-state index in [9.17, 15) is 14.9 Å². The van der Waals surface area contributed by atoms with Gasteiger partial charge in [-0.25, -0.2) is 0 Å². The lowest BCUT2D eigenvalue weighted by atomic mass is 9.97. The second kappa shape index (κ2) is 8.27. The molecule has 0 saturated carbocycles. The quantitative estimate of drug-likeness (QED) is 0.522. The maximum atomic E-state index is 12.6. The van der Waals surface area contributed by atoms with E-state index in [-0.39, 0.29) is 5.56 Å². The maximum absolute atomic E-state index is 12.6. The Morgan fingerprint density at radius 3 is 2.36 bits per heavy atom. The van der Waals surface area contributed by atoms with Crippen LogP contribution in [-0.4, -0.2) is 21.8 Å². The second-order valence-electron chi connectivity index (χ2n) is 6.19. The van der Waals surface area contributed by atoms with Crippen molar-refractivity contribution in [2.75, 3.05) is 5.32 Å². The first-order chi connectivity index (χ1) is 13.5. The highest BCUT2D eigenvalue weighted by Crippen LogP contribution is 2.20. The summed E-state index contributed by atoms with van der Waals surface area (Å²) in [5, 5.41) is 15.7. The van der Waals surface area contributed by atoms with Crippen LogP contribution in [0.4, 0.5) is 5.69 Å². The Bertz CT molecular complexity index is 1030. The molecule has 1 N–H and O–H groups in total. The highest BCUT2D eigenvalue weighted by molar-refractivity contribution is 6.15. The highest BCUT2D eigenvalue weighted by atomic mass is 16.5. The van der Waals surface area contributed by atoms with Crippen molar-refractivity contribution in [3.63, 3.8) is 0 Å². The third-order valence-corrected chi connectivity index (χ3v) is 4.23. The summed E-state index contributed by atoms with van der Waals surface area (Å²) in [6.07, 6.45) is 0.882. The second-order valence-corrected chi connectivity index (χ2v) is 6.19. The average Bonchev–Trinajstić information content (AvgIpc) is 3.15. The van der Waals surface area contributed by atoms with Crippen molar-refractivity contribution in [3.05, 3.63) is 65.5 Å². The fourth-order valence-electron chi connectivity index (χ4n) is 2.63. The van der Waals surface area contributed by atoms with Crippen molar-refractivity contribution in [1.82, 2.24) is 10.1 Å². The van der Waals surface area contributed by atoms with Crippen molar-refractivity contribution in [1.29, 1.82) is 5.26 Å². The van der Waals surface area contributed by atoms with Crippen molar-refractivity contribution >= 4 is 17.4 Å². The molecule has 7 nitrogen and oxygen atoms in total. The Morgan fingerprint density at radius 2 is 1.82 bits per heavy atom. The summed E-state index contributed by atoms with van der Waals surface area (Å²) in [6.45, 7) is 3.74. The minimum Gasteiger partial charge on any atom is -0.334 e. The molecule has 7 heteroatoms.